The number of aromatic nitrogens is 2. The van der Waals surface area contributed by atoms with Gasteiger partial charge in [-0.15, -0.1) is 0 Å². The highest BCUT2D eigenvalue weighted by Gasteiger charge is 2.47. The Morgan fingerprint density at radius 1 is 1.17 bits per heavy atom. The summed E-state index contributed by atoms with van der Waals surface area (Å²) in [5.41, 5.74) is 0.814. The third-order valence-corrected chi connectivity index (χ3v) is 8.36. The van der Waals surface area contributed by atoms with Crippen LogP contribution in [0.3, 0.4) is 0 Å². The summed E-state index contributed by atoms with van der Waals surface area (Å²) in [5, 5.41) is 10.5. The number of hydrogen-bond donors (Lipinski definition) is 1. The highest BCUT2D eigenvalue weighted by atomic mass is 16.7. The van der Waals surface area contributed by atoms with Crippen LogP contribution in [0.4, 0.5) is 0 Å². The number of likely N-dealkylation sites (tertiary alicyclic amines) is 1. The molecule has 2 aliphatic heterocycles. The monoisotopic (exact) mass is 586 g/mol. The number of carboxylic acid groups (broad SMARTS) is 1. The zero-order valence-electron chi connectivity index (χ0n) is 25.8. The Morgan fingerprint density at radius 3 is 2.62 bits per heavy atom. The molecule has 1 amide bonds. The number of imidazole rings is 1. The summed E-state index contributed by atoms with van der Waals surface area (Å²) >= 11 is 0. The van der Waals surface area contributed by atoms with Gasteiger partial charge in [-0.25, -0.2) is 4.98 Å². The van der Waals surface area contributed by atoms with E-state index in [0.29, 0.717) is 36.8 Å². The fourth-order valence-electron chi connectivity index (χ4n) is 6.13. The first kappa shape index (κ1) is 31.6. The van der Waals surface area contributed by atoms with Gasteiger partial charge in [0.05, 0.1) is 53.6 Å². The lowest BCUT2D eigenvalue weighted by Crippen LogP contribution is -2.45. The molecule has 2 aromatic rings. The van der Waals surface area contributed by atoms with E-state index in [2.05, 4.69) is 38.0 Å². The van der Waals surface area contributed by atoms with E-state index >= 15 is 0 Å². The van der Waals surface area contributed by atoms with Gasteiger partial charge in [0.1, 0.15) is 0 Å². The number of amides is 1. The summed E-state index contributed by atoms with van der Waals surface area (Å²) in [5.74, 6) is -0.252. The van der Waals surface area contributed by atoms with Crippen LogP contribution in [0.2, 0.25) is 0 Å². The van der Waals surface area contributed by atoms with Crippen molar-refractivity contribution < 1.29 is 33.4 Å². The van der Waals surface area contributed by atoms with E-state index in [4.69, 9.17) is 14.2 Å². The van der Waals surface area contributed by atoms with Gasteiger partial charge in [0.15, 0.2) is 11.5 Å². The molecule has 232 valence electrons. The standard InChI is InChI=1S/C31H47N5O6/c1-6-7-12-34(13-8-9-16-36(2,3)4)28(37)20-35-19-24(23-17-26(40-5)30-27(18-23)41-22-42-30)29(31(38)39)25(35)10-14-33-15-11-32-21-33/h11,15,17-18,21,24-25,29H,6-10,12-14,16,19-20,22H2,1-5H3/p+1. The van der Waals surface area contributed by atoms with E-state index in [1.807, 2.05) is 27.8 Å². The molecule has 0 saturated carbocycles. The Bertz CT molecular complexity index is 1180. The van der Waals surface area contributed by atoms with Gasteiger partial charge in [-0.2, -0.15) is 0 Å². The van der Waals surface area contributed by atoms with E-state index in [1.165, 1.54) is 0 Å². The maximum Gasteiger partial charge on any atom is 0.308 e. The molecule has 42 heavy (non-hydrogen) atoms. The highest BCUT2D eigenvalue weighted by Crippen LogP contribution is 2.47. The van der Waals surface area contributed by atoms with Crippen molar-refractivity contribution in [1.82, 2.24) is 19.4 Å². The van der Waals surface area contributed by atoms with Crippen molar-refractivity contribution in [2.75, 3.05) is 67.8 Å². The molecule has 11 heteroatoms. The molecule has 3 heterocycles. The second-order valence-corrected chi connectivity index (χ2v) is 12.5. The Morgan fingerprint density at radius 2 is 1.95 bits per heavy atom. The van der Waals surface area contributed by atoms with E-state index in [1.54, 1.807) is 19.6 Å². The molecular formula is C31H48N5O6+. The summed E-state index contributed by atoms with van der Waals surface area (Å²) < 4.78 is 19.6. The molecule has 1 fully saturated rings. The lowest BCUT2D eigenvalue weighted by atomic mass is 9.84. The van der Waals surface area contributed by atoms with Crippen LogP contribution in [0.5, 0.6) is 17.2 Å². The fourth-order valence-corrected chi connectivity index (χ4v) is 6.13. The van der Waals surface area contributed by atoms with Crippen LogP contribution < -0.4 is 14.2 Å². The lowest BCUT2D eigenvalue weighted by Gasteiger charge is -2.30. The minimum Gasteiger partial charge on any atom is -0.493 e. The molecule has 3 unspecified atom stereocenters. The van der Waals surface area contributed by atoms with Crippen LogP contribution in [0.25, 0.3) is 0 Å². The maximum absolute atomic E-state index is 13.8. The average Bonchev–Trinajstić information content (AvgIpc) is 3.70. The Labute approximate surface area is 249 Å². The minimum atomic E-state index is -0.870. The first-order valence-corrected chi connectivity index (χ1v) is 15.1. The Balaban J connectivity index is 1.57. The number of nitrogens with zero attached hydrogens (tertiary/aromatic N) is 5. The van der Waals surface area contributed by atoms with Gasteiger partial charge in [-0.1, -0.05) is 13.3 Å². The van der Waals surface area contributed by atoms with Crippen LogP contribution in [0, 0.1) is 5.92 Å². The molecule has 1 aromatic carbocycles. The number of methoxy groups -OCH3 is 1. The SMILES string of the molecule is CCCCN(CCCC[N+](C)(C)C)C(=O)CN1CC(c2cc(OC)c3c(c2)OCO3)C(C(=O)O)C1CCn1ccnc1. The largest absolute Gasteiger partial charge is 0.493 e. The number of hydrogen-bond acceptors (Lipinski definition) is 7. The average molecular weight is 587 g/mol. The van der Waals surface area contributed by atoms with Gasteiger partial charge >= 0.3 is 5.97 Å². The molecular weight excluding hydrogens is 538 g/mol. The van der Waals surface area contributed by atoms with Crippen molar-refractivity contribution in [3.05, 3.63) is 36.4 Å². The second-order valence-electron chi connectivity index (χ2n) is 12.5. The zero-order valence-corrected chi connectivity index (χ0v) is 25.8. The van der Waals surface area contributed by atoms with Crippen LogP contribution in [-0.4, -0.2) is 115 Å². The second kappa shape index (κ2) is 14.2. The van der Waals surface area contributed by atoms with E-state index in [9.17, 15) is 14.7 Å². The molecule has 0 radical (unpaired) electrons. The molecule has 1 aromatic heterocycles. The van der Waals surface area contributed by atoms with E-state index in [0.717, 1.165) is 55.4 Å². The van der Waals surface area contributed by atoms with Crippen LogP contribution in [-0.2, 0) is 16.1 Å². The van der Waals surface area contributed by atoms with Crippen LogP contribution in [0.15, 0.2) is 30.9 Å². The third kappa shape index (κ3) is 7.95. The minimum absolute atomic E-state index is 0.0642. The number of carbonyl (C=O) groups excluding carboxylic acids is 1. The molecule has 0 aliphatic carbocycles. The normalized spacial score (nSPS) is 20.2. The fraction of sp³-hybridized carbons (Fsp3) is 0.645. The molecule has 11 nitrogen and oxygen atoms in total. The number of ether oxygens (including phenoxy) is 3. The van der Waals surface area contributed by atoms with Gasteiger partial charge in [0.2, 0.25) is 18.4 Å². The third-order valence-electron chi connectivity index (χ3n) is 8.36. The molecule has 1 saturated heterocycles. The first-order chi connectivity index (χ1) is 20.1. The Hall–Kier alpha value is -3.31. The number of benzene rings is 1. The summed E-state index contributed by atoms with van der Waals surface area (Å²) in [6.07, 6.45) is 9.87. The molecule has 1 N–H and O–H groups in total. The number of aliphatic carboxylic acids is 1. The number of carbonyl (C=O) groups is 2. The maximum atomic E-state index is 13.8. The van der Waals surface area contributed by atoms with Gasteiger partial charge in [-0.3, -0.25) is 14.5 Å². The van der Waals surface area contributed by atoms with E-state index in [-0.39, 0.29) is 31.2 Å². The summed E-state index contributed by atoms with van der Waals surface area (Å²) in [6, 6.07) is 3.39. The number of fused-ring (bicyclic) bond motifs is 1. The number of unbranched alkanes of at least 4 members (excludes halogenated alkanes) is 2. The molecule has 0 spiro atoms. The quantitative estimate of drug-likeness (QED) is 0.236. The molecule has 3 atom stereocenters. The van der Waals surface area contributed by atoms with Crippen molar-refractivity contribution in [2.24, 2.45) is 5.92 Å². The molecule has 4 rings (SSSR count). The smallest absolute Gasteiger partial charge is 0.308 e. The molecule has 2 aliphatic rings. The highest BCUT2D eigenvalue weighted by molar-refractivity contribution is 5.79. The predicted octanol–water partition coefficient (Wildman–Crippen LogP) is 3.29. The van der Waals surface area contributed by atoms with Crippen molar-refractivity contribution in [2.45, 2.75) is 57.5 Å². The van der Waals surface area contributed by atoms with Crippen molar-refractivity contribution in [1.29, 1.82) is 0 Å². The summed E-state index contributed by atoms with van der Waals surface area (Å²) in [7, 11) is 8.11. The Kier molecular flexibility index (Phi) is 10.7. The number of rotatable bonds is 16. The van der Waals surface area contributed by atoms with Gasteiger partial charge in [0, 0.05) is 50.5 Å². The zero-order chi connectivity index (χ0) is 30.3. The van der Waals surface area contributed by atoms with Crippen molar-refractivity contribution >= 4 is 11.9 Å². The number of carboxylic acids is 1. The van der Waals surface area contributed by atoms with Crippen molar-refractivity contribution in [3.8, 4) is 17.2 Å². The van der Waals surface area contributed by atoms with Gasteiger partial charge < -0.3 is 33.3 Å². The van der Waals surface area contributed by atoms with Crippen LogP contribution in [0.1, 0.15) is 50.5 Å². The topological polar surface area (TPSA) is 106 Å². The van der Waals surface area contributed by atoms with Gasteiger partial charge in [0.25, 0.3) is 0 Å². The van der Waals surface area contributed by atoms with Gasteiger partial charge in [-0.05, 0) is 43.4 Å². The predicted molar refractivity (Wildman–Crippen MR) is 159 cm³/mol. The van der Waals surface area contributed by atoms with Crippen molar-refractivity contribution in [3.63, 3.8) is 0 Å². The molecule has 0 bridgehead atoms. The number of quaternary nitrogens is 1. The summed E-state index contributed by atoms with van der Waals surface area (Å²) in [4.78, 5) is 34.9. The van der Waals surface area contributed by atoms with Crippen LogP contribution >= 0.6 is 0 Å². The first-order valence-electron chi connectivity index (χ1n) is 15.1. The van der Waals surface area contributed by atoms with E-state index < -0.39 is 11.9 Å². The summed E-state index contributed by atoms with van der Waals surface area (Å²) in [6.45, 7) is 5.97. The number of aryl methyl sites for hydroxylation is 1. The lowest BCUT2D eigenvalue weighted by molar-refractivity contribution is -0.870.